The van der Waals surface area contributed by atoms with Crippen molar-refractivity contribution in [3.05, 3.63) is 46.3 Å². The first-order valence-electron chi connectivity index (χ1n) is 4.78. The second-order valence-corrected chi connectivity index (χ2v) is 5.23. The first-order chi connectivity index (χ1) is 7.16. The SMILES string of the molecule is CC(N)c1cccc(-c2ccc(Cl)s2)c1. The highest BCUT2D eigenvalue weighted by Crippen LogP contribution is 2.31. The number of nitrogens with two attached hydrogens (primary N) is 1. The molecule has 0 amide bonds. The molecule has 78 valence electrons. The number of benzene rings is 1. The Bertz CT molecular complexity index is 462. The van der Waals surface area contributed by atoms with E-state index in [1.807, 2.05) is 31.2 Å². The summed E-state index contributed by atoms with van der Waals surface area (Å²) in [6.45, 7) is 1.99. The van der Waals surface area contributed by atoms with E-state index >= 15 is 0 Å². The topological polar surface area (TPSA) is 26.0 Å². The summed E-state index contributed by atoms with van der Waals surface area (Å²) in [7, 11) is 0. The van der Waals surface area contributed by atoms with Gasteiger partial charge in [-0.1, -0.05) is 29.8 Å². The molecule has 15 heavy (non-hydrogen) atoms. The van der Waals surface area contributed by atoms with Crippen molar-refractivity contribution in [1.29, 1.82) is 0 Å². The van der Waals surface area contributed by atoms with Crippen molar-refractivity contribution in [3.8, 4) is 10.4 Å². The Kier molecular flexibility index (Phi) is 3.10. The predicted octanol–water partition coefficient (Wildman–Crippen LogP) is 4.09. The van der Waals surface area contributed by atoms with Crippen LogP contribution >= 0.6 is 22.9 Å². The van der Waals surface area contributed by atoms with E-state index in [0.717, 1.165) is 9.90 Å². The molecular formula is C12H12ClNS. The summed E-state index contributed by atoms with van der Waals surface area (Å²) in [6.07, 6.45) is 0. The van der Waals surface area contributed by atoms with E-state index in [4.69, 9.17) is 17.3 Å². The Morgan fingerprint density at radius 3 is 2.67 bits per heavy atom. The fraction of sp³-hybridized carbons (Fsp3) is 0.167. The van der Waals surface area contributed by atoms with Crippen molar-refractivity contribution in [3.63, 3.8) is 0 Å². The number of halogens is 1. The van der Waals surface area contributed by atoms with Crippen molar-refractivity contribution >= 4 is 22.9 Å². The molecule has 0 spiro atoms. The van der Waals surface area contributed by atoms with Crippen LogP contribution in [-0.2, 0) is 0 Å². The van der Waals surface area contributed by atoms with E-state index in [1.54, 1.807) is 11.3 Å². The average Bonchev–Trinajstić information content (AvgIpc) is 2.65. The molecule has 0 bridgehead atoms. The minimum Gasteiger partial charge on any atom is -0.324 e. The minimum atomic E-state index is 0.0698. The van der Waals surface area contributed by atoms with Crippen molar-refractivity contribution in [2.45, 2.75) is 13.0 Å². The quantitative estimate of drug-likeness (QED) is 0.837. The van der Waals surface area contributed by atoms with Crippen LogP contribution in [0.4, 0.5) is 0 Å². The Morgan fingerprint density at radius 2 is 2.07 bits per heavy atom. The second-order valence-electron chi connectivity index (χ2n) is 3.52. The number of rotatable bonds is 2. The molecule has 0 aliphatic carbocycles. The Hall–Kier alpha value is -0.830. The van der Waals surface area contributed by atoms with E-state index < -0.39 is 0 Å². The first-order valence-corrected chi connectivity index (χ1v) is 5.97. The molecule has 0 aliphatic rings. The van der Waals surface area contributed by atoms with Gasteiger partial charge in [-0.3, -0.25) is 0 Å². The highest BCUT2D eigenvalue weighted by atomic mass is 35.5. The molecule has 1 unspecified atom stereocenters. The molecule has 1 atom stereocenters. The van der Waals surface area contributed by atoms with Crippen LogP contribution in [0.1, 0.15) is 18.5 Å². The lowest BCUT2D eigenvalue weighted by atomic mass is 10.1. The van der Waals surface area contributed by atoms with E-state index in [0.29, 0.717) is 0 Å². The van der Waals surface area contributed by atoms with Crippen LogP contribution in [0.2, 0.25) is 4.34 Å². The standard InChI is InChI=1S/C12H12ClNS/c1-8(14)9-3-2-4-10(7-9)11-5-6-12(13)15-11/h2-8H,14H2,1H3. The van der Waals surface area contributed by atoms with Crippen molar-refractivity contribution in [2.75, 3.05) is 0 Å². The maximum atomic E-state index is 5.91. The van der Waals surface area contributed by atoms with E-state index in [-0.39, 0.29) is 6.04 Å². The largest absolute Gasteiger partial charge is 0.324 e. The van der Waals surface area contributed by atoms with Gasteiger partial charge in [0.2, 0.25) is 0 Å². The van der Waals surface area contributed by atoms with Gasteiger partial charge < -0.3 is 5.73 Å². The molecule has 2 rings (SSSR count). The van der Waals surface area contributed by atoms with Gasteiger partial charge in [-0.2, -0.15) is 0 Å². The molecule has 1 aromatic carbocycles. The van der Waals surface area contributed by atoms with Gasteiger partial charge in [0.15, 0.2) is 0 Å². The molecule has 0 fully saturated rings. The molecule has 2 N–H and O–H groups in total. The molecule has 0 saturated heterocycles. The van der Waals surface area contributed by atoms with Gasteiger partial charge in [0.05, 0.1) is 4.34 Å². The zero-order valence-corrected chi connectivity index (χ0v) is 9.98. The van der Waals surface area contributed by atoms with Gasteiger partial charge in [-0.05, 0) is 36.2 Å². The molecule has 1 aromatic heterocycles. The maximum Gasteiger partial charge on any atom is 0.0934 e. The molecular weight excluding hydrogens is 226 g/mol. The number of hydrogen-bond donors (Lipinski definition) is 1. The summed E-state index contributed by atoms with van der Waals surface area (Å²) in [4.78, 5) is 1.18. The third-order valence-corrected chi connectivity index (χ3v) is 3.55. The molecule has 2 aromatic rings. The van der Waals surface area contributed by atoms with Crippen LogP contribution in [0.5, 0.6) is 0 Å². The lowest BCUT2D eigenvalue weighted by Gasteiger charge is -2.06. The van der Waals surface area contributed by atoms with Crippen LogP contribution in [-0.4, -0.2) is 0 Å². The summed E-state index contributed by atoms with van der Waals surface area (Å²) >= 11 is 7.49. The summed E-state index contributed by atoms with van der Waals surface area (Å²) < 4.78 is 0.816. The van der Waals surface area contributed by atoms with Gasteiger partial charge in [0.25, 0.3) is 0 Å². The van der Waals surface area contributed by atoms with Gasteiger partial charge in [0, 0.05) is 10.9 Å². The Morgan fingerprint density at radius 1 is 1.27 bits per heavy atom. The third kappa shape index (κ3) is 2.40. The lowest BCUT2D eigenvalue weighted by molar-refractivity contribution is 0.819. The molecule has 0 radical (unpaired) electrons. The van der Waals surface area contributed by atoms with E-state index in [2.05, 4.69) is 12.1 Å². The summed E-state index contributed by atoms with van der Waals surface area (Å²) in [5, 5.41) is 0. The zero-order valence-electron chi connectivity index (χ0n) is 8.41. The second kappa shape index (κ2) is 4.35. The average molecular weight is 238 g/mol. The summed E-state index contributed by atoms with van der Waals surface area (Å²) in [5.41, 5.74) is 8.18. The number of hydrogen-bond acceptors (Lipinski definition) is 2. The van der Waals surface area contributed by atoms with Crippen LogP contribution in [0.25, 0.3) is 10.4 Å². The van der Waals surface area contributed by atoms with Crippen LogP contribution in [0.15, 0.2) is 36.4 Å². The van der Waals surface area contributed by atoms with E-state index in [9.17, 15) is 0 Å². The van der Waals surface area contributed by atoms with Gasteiger partial charge in [-0.15, -0.1) is 11.3 Å². The molecule has 1 heterocycles. The van der Waals surface area contributed by atoms with Crippen LogP contribution in [0.3, 0.4) is 0 Å². The number of thiophene rings is 1. The monoisotopic (exact) mass is 237 g/mol. The van der Waals surface area contributed by atoms with Crippen LogP contribution < -0.4 is 5.73 Å². The fourth-order valence-corrected chi connectivity index (χ4v) is 2.48. The molecule has 0 saturated carbocycles. The Labute approximate surface area is 98.5 Å². The van der Waals surface area contributed by atoms with Crippen molar-refractivity contribution < 1.29 is 0 Å². The molecule has 0 aliphatic heterocycles. The van der Waals surface area contributed by atoms with Crippen molar-refractivity contribution in [1.82, 2.24) is 0 Å². The summed E-state index contributed by atoms with van der Waals surface area (Å²) in [5.74, 6) is 0. The van der Waals surface area contributed by atoms with Crippen LogP contribution in [0, 0.1) is 0 Å². The van der Waals surface area contributed by atoms with Gasteiger partial charge in [0.1, 0.15) is 0 Å². The lowest BCUT2D eigenvalue weighted by Crippen LogP contribution is -2.04. The minimum absolute atomic E-state index is 0.0698. The zero-order chi connectivity index (χ0) is 10.8. The fourth-order valence-electron chi connectivity index (χ4n) is 1.44. The highest BCUT2D eigenvalue weighted by Gasteiger charge is 2.04. The molecule has 3 heteroatoms. The first kappa shape index (κ1) is 10.7. The smallest absolute Gasteiger partial charge is 0.0934 e. The molecule has 1 nitrogen and oxygen atoms in total. The predicted molar refractivity (Wildman–Crippen MR) is 67.4 cm³/mol. The van der Waals surface area contributed by atoms with Gasteiger partial charge >= 0.3 is 0 Å². The highest BCUT2D eigenvalue weighted by molar-refractivity contribution is 7.19. The van der Waals surface area contributed by atoms with E-state index in [1.165, 1.54) is 10.4 Å². The van der Waals surface area contributed by atoms with Gasteiger partial charge in [-0.25, -0.2) is 0 Å². The maximum absolute atomic E-state index is 5.91. The summed E-state index contributed by atoms with van der Waals surface area (Å²) in [6, 6.07) is 12.3. The Balaban J connectivity index is 2.41. The third-order valence-electron chi connectivity index (χ3n) is 2.27. The van der Waals surface area contributed by atoms with Crippen molar-refractivity contribution in [2.24, 2.45) is 5.73 Å². The normalized spacial score (nSPS) is 12.7.